The normalized spacial score (nSPS) is 23.6. The molecule has 0 N–H and O–H groups in total. The summed E-state index contributed by atoms with van der Waals surface area (Å²) in [6.07, 6.45) is 9.78. The Labute approximate surface area is 220 Å². The van der Waals surface area contributed by atoms with Gasteiger partial charge in [-0.3, -0.25) is 9.69 Å². The summed E-state index contributed by atoms with van der Waals surface area (Å²) in [4.78, 5) is 49.3. The summed E-state index contributed by atoms with van der Waals surface area (Å²) >= 11 is 0. The molecule has 1 aromatic heterocycles. The van der Waals surface area contributed by atoms with Gasteiger partial charge < -0.3 is 23.8 Å². The van der Waals surface area contributed by atoms with Gasteiger partial charge in [0, 0.05) is 38.9 Å². The number of carbonyl (C=O) groups excluding carboxylic acids is 3. The summed E-state index contributed by atoms with van der Waals surface area (Å²) in [7, 11) is 0. The van der Waals surface area contributed by atoms with Crippen LogP contribution in [0.25, 0.3) is 0 Å². The first kappa shape index (κ1) is 27.3. The highest BCUT2D eigenvalue weighted by molar-refractivity contribution is 5.87. The van der Waals surface area contributed by atoms with Gasteiger partial charge in [-0.25, -0.2) is 14.6 Å². The maximum Gasteiger partial charge on any atom is 0.410 e. The van der Waals surface area contributed by atoms with E-state index in [1.165, 1.54) is 6.42 Å². The first-order valence-electron chi connectivity index (χ1n) is 13.8. The predicted octanol–water partition coefficient (Wildman–Crippen LogP) is 3.82. The number of amides is 3. The largest absolute Gasteiger partial charge is 0.446 e. The molecule has 0 radical (unpaired) electrons. The monoisotopic (exact) mass is 517 g/mol. The Hall–Kier alpha value is -2.78. The van der Waals surface area contributed by atoms with E-state index < -0.39 is 23.8 Å². The molecule has 0 aromatic carbocycles. The van der Waals surface area contributed by atoms with E-state index in [-0.39, 0.29) is 25.1 Å². The second-order valence-corrected chi connectivity index (χ2v) is 11.8. The molecule has 0 spiro atoms. The fourth-order valence-electron chi connectivity index (χ4n) is 5.59. The van der Waals surface area contributed by atoms with E-state index in [1.54, 1.807) is 9.80 Å². The van der Waals surface area contributed by atoms with Crippen LogP contribution < -0.4 is 0 Å². The van der Waals surface area contributed by atoms with E-state index >= 15 is 0 Å². The molecule has 3 heterocycles. The summed E-state index contributed by atoms with van der Waals surface area (Å²) in [5.74, 6) is 0.180. The van der Waals surface area contributed by atoms with Crippen LogP contribution in [0.4, 0.5) is 9.59 Å². The van der Waals surface area contributed by atoms with Crippen LogP contribution in [-0.4, -0.2) is 92.8 Å². The predicted molar refractivity (Wildman–Crippen MR) is 138 cm³/mol. The number of hydrogen-bond donors (Lipinski definition) is 0. The van der Waals surface area contributed by atoms with E-state index in [4.69, 9.17) is 9.47 Å². The van der Waals surface area contributed by atoms with Gasteiger partial charge in [0.2, 0.25) is 5.91 Å². The number of carbonyl (C=O) groups is 3. The Morgan fingerprint density at radius 1 is 0.946 bits per heavy atom. The lowest BCUT2D eigenvalue weighted by atomic mass is 9.96. The molecule has 0 unspecified atom stereocenters. The molecule has 1 aromatic rings. The summed E-state index contributed by atoms with van der Waals surface area (Å²) in [6, 6.07) is -0.786. The van der Waals surface area contributed by atoms with Gasteiger partial charge in [0.1, 0.15) is 17.7 Å². The average molecular weight is 518 g/mol. The van der Waals surface area contributed by atoms with Crippen LogP contribution >= 0.6 is 0 Å². The molecule has 2 atom stereocenters. The van der Waals surface area contributed by atoms with Gasteiger partial charge in [-0.1, -0.05) is 6.42 Å². The summed E-state index contributed by atoms with van der Waals surface area (Å²) in [5.41, 5.74) is 0.333. The molecule has 1 saturated carbocycles. The fraction of sp³-hybridized carbons (Fsp3) is 0.778. The fourth-order valence-corrected chi connectivity index (χ4v) is 5.59. The van der Waals surface area contributed by atoms with Crippen LogP contribution in [0.5, 0.6) is 0 Å². The number of likely N-dealkylation sites (tertiary alicyclic amines) is 1. The second kappa shape index (κ2) is 11.7. The van der Waals surface area contributed by atoms with Crippen molar-refractivity contribution >= 4 is 18.1 Å². The van der Waals surface area contributed by atoms with Crippen molar-refractivity contribution in [2.75, 3.05) is 32.7 Å². The molecule has 2 aliphatic heterocycles. The maximum absolute atomic E-state index is 13.9. The van der Waals surface area contributed by atoms with E-state index in [0.717, 1.165) is 50.8 Å². The van der Waals surface area contributed by atoms with E-state index in [9.17, 15) is 14.4 Å². The minimum Gasteiger partial charge on any atom is -0.446 e. The van der Waals surface area contributed by atoms with Crippen molar-refractivity contribution in [2.45, 2.75) is 96.9 Å². The third-order valence-electron chi connectivity index (χ3n) is 7.43. The maximum atomic E-state index is 13.9. The van der Waals surface area contributed by atoms with Crippen molar-refractivity contribution in [3.63, 3.8) is 0 Å². The van der Waals surface area contributed by atoms with Crippen LogP contribution in [0, 0.1) is 12.8 Å². The molecule has 3 aliphatic rings. The summed E-state index contributed by atoms with van der Waals surface area (Å²) in [6.45, 7) is 10.1. The lowest BCUT2D eigenvalue weighted by Crippen LogP contribution is -2.63. The van der Waals surface area contributed by atoms with Gasteiger partial charge in [-0.05, 0) is 72.1 Å². The quantitative estimate of drug-likeness (QED) is 0.602. The minimum atomic E-state index is -0.786. The average Bonchev–Trinajstić information content (AvgIpc) is 3.27. The van der Waals surface area contributed by atoms with Crippen molar-refractivity contribution in [2.24, 2.45) is 5.92 Å². The Morgan fingerprint density at radius 2 is 1.70 bits per heavy atom. The zero-order valence-electron chi connectivity index (χ0n) is 22.9. The molecule has 10 heteroatoms. The molecule has 1 aliphatic carbocycles. The van der Waals surface area contributed by atoms with Crippen molar-refractivity contribution in [3.8, 4) is 0 Å². The van der Waals surface area contributed by atoms with Gasteiger partial charge in [0.15, 0.2) is 0 Å². The number of aromatic nitrogens is 2. The van der Waals surface area contributed by atoms with Crippen LogP contribution in [0.1, 0.15) is 71.4 Å². The Kier molecular flexibility index (Phi) is 8.64. The number of hydrogen-bond acceptors (Lipinski definition) is 6. The molecule has 0 bridgehead atoms. The standard InChI is InChI=1S/C27H43N5O5/c1-20-15-29(19-28-20)16-21-9-8-12-30(17-21)24(33)23-18-31(25(34)37-27(2,3)4)13-14-32(23)26(35)36-22-10-6-5-7-11-22/h15,19,21-23H,5-14,16-18H2,1-4H3/t21-,23+/m0/s1. The number of nitrogens with zero attached hydrogens (tertiary/aromatic N) is 5. The lowest BCUT2D eigenvalue weighted by Gasteiger charge is -2.43. The van der Waals surface area contributed by atoms with Crippen LogP contribution in [0.15, 0.2) is 12.5 Å². The van der Waals surface area contributed by atoms with E-state index in [0.29, 0.717) is 25.6 Å². The highest BCUT2D eigenvalue weighted by Crippen LogP contribution is 2.25. The molecular formula is C27H43N5O5. The van der Waals surface area contributed by atoms with E-state index in [2.05, 4.69) is 9.55 Å². The Balaban J connectivity index is 1.46. The number of piperazine rings is 1. The number of aryl methyl sites for hydroxylation is 1. The number of piperidine rings is 1. The van der Waals surface area contributed by atoms with Crippen LogP contribution in [0.3, 0.4) is 0 Å². The van der Waals surface area contributed by atoms with Gasteiger partial charge in [-0.2, -0.15) is 0 Å². The van der Waals surface area contributed by atoms with Gasteiger partial charge in [-0.15, -0.1) is 0 Å². The SMILES string of the molecule is Cc1cn(C[C@@H]2CCCN(C(=O)[C@H]3CN(C(=O)OC(C)(C)C)CCN3C(=O)OC3CCCCC3)C2)cn1. The molecule has 206 valence electrons. The Morgan fingerprint density at radius 3 is 2.38 bits per heavy atom. The number of rotatable bonds is 4. The van der Waals surface area contributed by atoms with Gasteiger partial charge in [0.05, 0.1) is 18.6 Å². The molecule has 10 nitrogen and oxygen atoms in total. The lowest BCUT2D eigenvalue weighted by molar-refractivity contribution is -0.140. The third kappa shape index (κ3) is 7.38. The summed E-state index contributed by atoms with van der Waals surface area (Å²) in [5, 5.41) is 0. The topological polar surface area (TPSA) is 97.2 Å². The number of ether oxygens (including phenoxy) is 2. The van der Waals surface area contributed by atoms with Crippen LogP contribution in [-0.2, 0) is 20.8 Å². The molecule has 2 saturated heterocycles. The highest BCUT2D eigenvalue weighted by atomic mass is 16.6. The van der Waals surface area contributed by atoms with Gasteiger partial charge >= 0.3 is 12.2 Å². The highest BCUT2D eigenvalue weighted by Gasteiger charge is 2.42. The zero-order valence-corrected chi connectivity index (χ0v) is 22.9. The third-order valence-corrected chi connectivity index (χ3v) is 7.43. The first-order chi connectivity index (χ1) is 17.6. The molecule has 3 amide bonds. The van der Waals surface area contributed by atoms with Crippen molar-refractivity contribution in [1.29, 1.82) is 0 Å². The second-order valence-electron chi connectivity index (χ2n) is 11.8. The van der Waals surface area contributed by atoms with E-state index in [1.807, 2.05) is 45.1 Å². The zero-order chi connectivity index (χ0) is 26.6. The smallest absolute Gasteiger partial charge is 0.410 e. The summed E-state index contributed by atoms with van der Waals surface area (Å²) < 4.78 is 13.5. The van der Waals surface area contributed by atoms with Crippen LogP contribution in [0.2, 0.25) is 0 Å². The van der Waals surface area contributed by atoms with Crippen molar-refractivity contribution < 1.29 is 23.9 Å². The van der Waals surface area contributed by atoms with Crippen molar-refractivity contribution in [1.82, 2.24) is 24.3 Å². The minimum absolute atomic E-state index is 0.0982. The Bertz CT molecular complexity index is 951. The van der Waals surface area contributed by atoms with Crippen molar-refractivity contribution in [3.05, 3.63) is 18.2 Å². The molecule has 4 rings (SSSR count). The molecule has 37 heavy (non-hydrogen) atoms. The number of imidazole rings is 1. The molecule has 3 fully saturated rings. The first-order valence-corrected chi connectivity index (χ1v) is 13.8. The van der Waals surface area contributed by atoms with Gasteiger partial charge in [0.25, 0.3) is 0 Å². The molecular weight excluding hydrogens is 474 g/mol.